The summed E-state index contributed by atoms with van der Waals surface area (Å²) in [6.45, 7) is 4.72. The Labute approximate surface area is 93.3 Å². The van der Waals surface area contributed by atoms with Crippen LogP contribution < -0.4 is 5.32 Å². The quantitative estimate of drug-likeness (QED) is 0.551. The lowest BCUT2D eigenvalue weighted by atomic mass is 10.1. The van der Waals surface area contributed by atoms with Gasteiger partial charge < -0.3 is 10.4 Å². The standard InChI is InChI=1S/C12H25NO2/c1-3-4-5-6-7-8-9-10-13-11(2)12(14)15/h11,13H,3-10H2,1-2H3,(H,14,15). The number of unbranched alkanes of at least 4 members (excludes halogenated alkanes) is 6. The van der Waals surface area contributed by atoms with Crippen molar-refractivity contribution < 1.29 is 9.90 Å². The van der Waals surface area contributed by atoms with Crippen molar-refractivity contribution in [3.8, 4) is 0 Å². The number of carboxylic acid groups (broad SMARTS) is 1. The van der Waals surface area contributed by atoms with Gasteiger partial charge in [-0.25, -0.2) is 0 Å². The molecular weight excluding hydrogens is 190 g/mol. The Morgan fingerprint density at radius 1 is 1.13 bits per heavy atom. The molecule has 1 unspecified atom stereocenters. The first-order valence-corrected chi connectivity index (χ1v) is 6.14. The fourth-order valence-corrected chi connectivity index (χ4v) is 1.49. The Bertz CT molecular complexity index is 160. The smallest absolute Gasteiger partial charge is 0.320 e. The molecule has 0 saturated carbocycles. The Kier molecular flexibility index (Phi) is 9.59. The number of hydrogen-bond acceptors (Lipinski definition) is 2. The van der Waals surface area contributed by atoms with Crippen molar-refractivity contribution in [3.63, 3.8) is 0 Å². The van der Waals surface area contributed by atoms with Crippen LogP contribution in [0.25, 0.3) is 0 Å². The van der Waals surface area contributed by atoms with E-state index in [4.69, 9.17) is 5.11 Å². The molecule has 1 atom stereocenters. The summed E-state index contributed by atoms with van der Waals surface area (Å²) in [7, 11) is 0. The third-order valence-electron chi connectivity index (χ3n) is 2.60. The van der Waals surface area contributed by atoms with E-state index in [1.807, 2.05) is 0 Å². The second-order valence-corrected chi connectivity index (χ2v) is 4.14. The van der Waals surface area contributed by atoms with Crippen LogP contribution in [0.15, 0.2) is 0 Å². The van der Waals surface area contributed by atoms with Crippen molar-refractivity contribution in [2.75, 3.05) is 6.54 Å². The van der Waals surface area contributed by atoms with Crippen molar-refractivity contribution in [1.29, 1.82) is 0 Å². The van der Waals surface area contributed by atoms with E-state index in [1.54, 1.807) is 6.92 Å². The summed E-state index contributed by atoms with van der Waals surface area (Å²) < 4.78 is 0. The SMILES string of the molecule is CCCCCCCCCNC(C)C(=O)O. The summed E-state index contributed by atoms with van der Waals surface area (Å²) in [5.41, 5.74) is 0. The van der Waals surface area contributed by atoms with Gasteiger partial charge in [0.15, 0.2) is 0 Å². The van der Waals surface area contributed by atoms with E-state index in [-0.39, 0.29) is 0 Å². The van der Waals surface area contributed by atoms with Crippen molar-refractivity contribution >= 4 is 5.97 Å². The van der Waals surface area contributed by atoms with Gasteiger partial charge in [-0.2, -0.15) is 0 Å². The van der Waals surface area contributed by atoms with Crippen LogP contribution >= 0.6 is 0 Å². The Morgan fingerprint density at radius 3 is 2.20 bits per heavy atom. The first-order chi connectivity index (χ1) is 7.18. The van der Waals surface area contributed by atoms with Gasteiger partial charge in [0.1, 0.15) is 6.04 Å². The average Bonchev–Trinajstić information content (AvgIpc) is 2.21. The lowest BCUT2D eigenvalue weighted by molar-refractivity contribution is -0.138. The van der Waals surface area contributed by atoms with E-state index < -0.39 is 12.0 Å². The van der Waals surface area contributed by atoms with E-state index in [0.717, 1.165) is 13.0 Å². The van der Waals surface area contributed by atoms with Gasteiger partial charge in [0.2, 0.25) is 0 Å². The second-order valence-electron chi connectivity index (χ2n) is 4.14. The molecule has 0 aliphatic heterocycles. The fourth-order valence-electron chi connectivity index (χ4n) is 1.49. The number of carboxylic acids is 1. The Morgan fingerprint density at radius 2 is 1.67 bits per heavy atom. The predicted molar refractivity (Wildman–Crippen MR) is 63.1 cm³/mol. The lowest BCUT2D eigenvalue weighted by Gasteiger charge is -2.08. The molecule has 15 heavy (non-hydrogen) atoms. The Balaban J connectivity index is 3.08. The molecular formula is C12H25NO2. The van der Waals surface area contributed by atoms with Gasteiger partial charge in [-0.3, -0.25) is 4.79 Å². The lowest BCUT2D eigenvalue weighted by Crippen LogP contribution is -2.34. The third kappa shape index (κ3) is 9.73. The molecule has 2 N–H and O–H groups in total. The molecule has 0 amide bonds. The van der Waals surface area contributed by atoms with Gasteiger partial charge >= 0.3 is 5.97 Å². The van der Waals surface area contributed by atoms with Crippen LogP contribution in [0.1, 0.15) is 58.8 Å². The molecule has 0 aromatic heterocycles. The number of aliphatic carboxylic acids is 1. The summed E-state index contributed by atoms with van der Waals surface area (Å²) in [5, 5.41) is 11.6. The largest absolute Gasteiger partial charge is 0.480 e. The molecule has 3 nitrogen and oxygen atoms in total. The van der Waals surface area contributed by atoms with Crippen molar-refractivity contribution in [3.05, 3.63) is 0 Å². The summed E-state index contributed by atoms with van der Waals surface area (Å²) in [6, 6.07) is -0.412. The zero-order chi connectivity index (χ0) is 11.5. The highest BCUT2D eigenvalue weighted by Crippen LogP contribution is 2.06. The van der Waals surface area contributed by atoms with Crippen LogP contribution in [-0.2, 0) is 4.79 Å². The first-order valence-electron chi connectivity index (χ1n) is 6.14. The summed E-state index contributed by atoms with van der Waals surface area (Å²) in [5.74, 6) is -0.766. The Hall–Kier alpha value is -0.570. The average molecular weight is 215 g/mol. The maximum atomic E-state index is 10.5. The van der Waals surface area contributed by atoms with Gasteiger partial charge in [-0.1, -0.05) is 45.4 Å². The summed E-state index contributed by atoms with van der Waals surface area (Å²) in [4.78, 5) is 10.5. The minimum Gasteiger partial charge on any atom is -0.480 e. The highest BCUT2D eigenvalue weighted by atomic mass is 16.4. The molecule has 0 aromatic rings. The van der Waals surface area contributed by atoms with Gasteiger partial charge in [0.25, 0.3) is 0 Å². The molecule has 0 rings (SSSR count). The number of rotatable bonds is 10. The van der Waals surface area contributed by atoms with Gasteiger partial charge in [0, 0.05) is 0 Å². The molecule has 0 aromatic carbocycles. The van der Waals surface area contributed by atoms with E-state index >= 15 is 0 Å². The molecule has 0 spiro atoms. The van der Waals surface area contributed by atoms with Crippen LogP contribution in [0, 0.1) is 0 Å². The maximum Gasteiger partial charge on any atom is 0.320 e. The fraction of sp³-hybridized carbons (Fsp3) is 0.917. The van der Waals surface area contributed by atoms with Crippen LogP contribution in [0.2, 0.25) is 0 Å². The predicted octanol–water partition coefficient (Wildman–Crippen LogP) is 2.80. The molecule has 3 heteroatoms. The third-order valence-corrected chi connectivity index (χ3v) is 2.60. The van der Waals surface area contributed by atoms with E-state index in [2.05, 4.69) is 12.2 Å². The topological polar surface area (TPSA) is 49.3 Å². The molecule has 90 valence electrons. The monoisotopic (exact) mass is 215 g/mol. The van der Waals surface area contributed by atoms with Crippen molar-refractivity contribution in [2.45, 2.75) is 64.8 Å². The number of hydrogen-bond donors (Lipinski definition) is 2. The van der Waals surface area contributed by atoms with Gasteiger partial charge in [-0.05, 0) is 19.9 Å². The maximum absolute atomic E-state index is 10.5. The van der Waals surface area contributed by atoms with Crippen LogP contribution in [-0.4, -0.2) is 23.7 Å². The van der Waals surface area contributed by atoms with E-state index in [0.29, 0.717) is 0 Å². The zero-order valence-electron chi connectivity index (χ0n) is 10.1. The van der Waals surface area contributed by atoms with Crippen LogP contribution in [0.4, 0.5) is 0 Å². The number of carbonyl (C=O) groups is 1. The normalized spacial score (nSPS) is 12.7. The molecule has 0 aliphatic carbocycles. The van der Waals surface area contributed by atoms with E-state index in [1.165, 1.54) is 38.5 Å². The van der Waals surface area contributed by atoms with Gasteiger partial charge in [0.05, 0.1) is 0 Å². The molecule has 0 radical (unpaired) electrons. The van der Waals surface area contributed by atoms with Crippen molar-refractivity contribution in [2.24, 2.45) is 0 Å². The highest BCUT2D eigenvalue weighted by Gasteiger charge is 2.07. The van der Waals surface area contributed by atoms with Crippen LogP contribution in [0.5, 0.6) is 0 Å². The van der Waals surface area contributed by atoms with E-state index in [9.17, 15) is 4.79 Å². The minimum absolute atomic E-state index is 0.412. The highest BCUT2D eigenvalue weighted by molar-refractivity contribution is 5.72. The van der Waals surface area contributed by atoms with Gasteiger partial charge in [-0.15, -0.1) is 0 Å². The first kappa shape index (κ1) is 14.4. The van der Waals surface area contributed by atoms with Crippen molar-refractivity contribution in [1.82, 2.24) is 5.32 Å². The molecule has 0 aliphatic rings. The molecule has 0 fully saturated rings. The second kappa shape index (κ2) is 9.97. The molecule has 0 heterocycles. The number of nitrogens with one attached hydrogen (secondary N) is 1. The summed E-state index contributed by atoms with van der Waals surface area (Å²) >= 11 is 0. The molecule has 0 saturated heterocycles. The molecule has 0 bridgehead atoms. The minimum atomic E-state index is -0.766. The zero-order valence-corrected chi connectivity index (χ0v) is 10.1. The summed E-state index contributed by atoms with van der Waals surface area (Å²) in [6.07, 6.45) is 8.87. The van der Waals surface area contributed by atoms with Crippen LogP contribution in [0.3, 0.4) is 0 Å².